The summed E-state index contributed by atoms with van der Waals surface area (Å²) in [7, 11) is 0. The van der Waals surface area contributed by atoms with Crippen LogP contribution in [0.2, 0.25) is 0 Å². The molecule has 0 saturated carbocycles. The number of hydrogen-bond acceptors (Lipinski definition) is 5. The van der Waals surface area contributed by atoms with Crippen LogP contribution in [0, 0.1) is 0 Å². The zero-order chi connectivity index (χ0) is 37.5. The van der Waals surface area contributed by atoms with Crippen molar-refractivity contribution in [2.75, 3.05) is 0 Å². The third kappa shape index (κ3) is 5.08. The van der Waals surface area contributed by atoms with Gasteiger partial charge in [-0.25, -0.2) is 15.0 Å². The van der Waals surface area contributed by atoms with E-state index >= 15 is 0 Å². The lowest BCUT2D eigenvalue weighted by Gasteiger charge is -2.12. The van der Waals surface area contributed by atoms with Crippen LogP contribution in [0.3, 0.4) is 0 Å². The van der Waals surface area contributed by atoms with Crippen molar-refractivity contribution < 1.29 is 8.83 Å². The fourth-order valence-electron chi connectivity index (χ4n) is 8.34. The fourth-order valence-corrected chi connectivity index (χ4v) is 8.34. The number of benzene rings is 8. The van der Waals surface area contributed by atoms with Crippen LogP contribution in [0.25, 0.3) is 117 Å². The standard InChI is InChI=1S/C51H30N4O2/c1-2-11-31(12-3-1)32-22-25-44-41(28-32)37-15-4-7-18-43(37)55(44)36-14-10-13-33(27-36)49-52-50(34-23-26-47-42(29-34)39-17-6-9-20-46(39)56-47)54-51(53-49)35-21-24-40-38-16-5-8-19-45(38)57-48(40)30-35/h1-30H. The van der Waals surface area contributed by atoms with Crippen LogP contribution < -0.4 is 0 Å². The molecule has 57 heavy (non-hydrogen) atoms. The number of aromatic nitrogens is 4. The molecule has 0 amide bonds. The van der Waals surface area contributed by atoms with Crippen molar-refractivity contribution in [3.8, 4) is 51.0 Å². The van der Waals surface area contributed by atoms with Crippen molar-refractivity contribution in [2.24, 2.45) is 0 Å². The van der Waals surface area contributed by atoms with Gasteiger partial charge in [0.25, 0.3) is 0 Å². The second-order valence-electron chi connectivity index (χ2n) is 14.4. The Morgan fingerprint density at radius 3 is 1.61 bits per heavy atom. The van der Waals surface area contributed by atoms with Crippen molar-refractivity contribution in [3.63, 3.8) is 0 Å². The van der Waals surface area contributed by atoms with Crippen LogP contribution in [-0.2, 0) is 0 Å². The van der Waals surface area contributed by atoms with Gasteiger partial charge in [-0.1, -0.05) is 109 Å². The normalized spacial score (nSPS) is 11.9. The van der Waals surface area contributed by atoms with Gasteiger partial charge in [-0.3, -0.25) is 0 Å². The number of rotatable bonds is 5. The zero-order valence-corrected chi connectivity index (χ0v) is 30.4. The van der Waals surface area contributed by atoms with Crippen LogP contribution in [0.4, 0.5) is 0 Å². The molecule has 0 N–H and O–H groups in total. The van der Waals surface area contributed by atoms with Gasteiger partial charge < -0.3 is 13.4 Å². The molecule has 4 heterocycles. The molecule has 0 aliphatic rings. The Bertz CT molecular complexity index is 3540. The molecule has 0 radical (unpaired) electrons. The summed E-state index contributed by atoms with van der Waals surface area (Å²) in [4.78, 5) is 15.5. The summed E-state index contributed by atoms with van der Waals surface area (Å²) >= 11 is 0. The average Bonchev–Trinajstić information content (AvgIpc) is 3.95. The predicted octanol–water partition coefficient (Wildman–Crippen LogP) is 13.4. The Kier molecular flexibility index (Phi) is 6.83. The van der Waals surface area contributed by atoms with Gasteiger partial charge in [0.15, 0.2) is 17.5 Å². The van der Waals surface area contributed by atoms with Crippen LogP contribution in [0.15, 0.2) is 191 Å². The maximum absolute atomic E-state index is 6.30. The number of fused-ring (bicyclic) bond motifs is 9. The highest BCUT2D eigenvalue weighted by molar-refractivity contribution is 6.11. The third-order valence-electron chi connectivity index (χ3n) is 11.0. The van der Waals surface area contributed by atoms with Crippen molar-refractivity contribution in [2.45, 2.75) is 0 Å². The van der Waals surface area contributed by atoms with Gasteiger partial charge in [-0.05, 0) is 83.9 Å². The van der Waals surface area contributed by atoms with Crippen LogP contribution in [0.1, 0.15) is 0 Å². The maximum Gasteiger partial charge on any atom is 0.164 e. The van der Waals surface area contributed by atoms with Crippen molar-refractivity contribution in [1.82, 2.24) is 19.5 Å². The fraction of sp³-hybridized carbons (Fsp3) is 0. The quantitative estimate of drug-likeness (QED) is 0.176. The largest absolute Gasteiger partial charge is 0.456 e. The van der Waals surface area contributed by atoms with Crippen LogP contribution in [0.5, 0.6) is 0 Å². The van der Waals surface area contributed by atoms with Gasteiger partial charge in [-0.2, -0.15) is 0 Å². The minimum Gasteiger partial charge on any atom is -0.456 e. The minimum atomic E-state index is 0.560. The van der Waals surface area contributed by atoms with E-state index in [1.807, 2.05) is 54.6 Å². The topological polar surface area (TPSA) is 69.9 Å². The zero-order valence-electron chi connectivity index (χ0n) is 30.4. The molecule has 0 bridgehead atoms. The van der Waals surface area contributed by atoms with Gasteiger partial charge in [0.2, 0.25) is 0 Å². The van der Waals surface area contributed by atoms with Gasteiger partial charge in [0.1, 0.15) is 22.3 Å². The number of furan rings is 2. The molecular weight excluding hydrogens is 701 g/mol. The Hall–Kier alpha value is -7.83. The Morgan fingerprint density at radius 2 is 0.825 bits per heavy atom. The molecule has 0 atom stereocenters. The van der Waals surface area contributed by atoms with Crippen molar-refractivity contribution >= 4 is 65.7 Å². The molecule has 0 fully saturated rings. The van der Waals surface area contributed by atoms with E-state index in [9.17, 15) is 0 Å². The first-order valence-electron chi connectivity index (χ1n) is 19.0. The van der Waals surface area contributed by atoms with E-state index in [-0.39, 0.29) is 0 Å². The van der Waals surface area contributed by atoms with E-state index in [0.717, 1.165) is 77.3 Å². The smallest absolute Gasteiger partial charge is 0.164 e. The lowest BCUT2D eigenvalue weighted by Crippen LogP contribution is -2.01. The lowest BCUT2D eigenvalue weighted by atomic mass is 10.0. The number of para-hydroxylation sites is 3. The highest BCUT2D eigenvalue weighted by Gasteiger charge is 2.18. The van der Waals surface area contributed by atoms with Crippen LogP contribution >= 0.6 is 0 Å². The summed E-state index contributed by atoms with van der Waals surface area (Å²) in [6, 6.07) is 62.9. The summed E-state index contributed by atoms with van der Waals surface area (Å²) in [5.41, 5.74) is 11.5. The molecule has 4 aromatic heterocycles. The van der Waals surface area contributed by atoms with Crippen LogP contribution in [-0.4, -0.2) is 19.5 Å². The molecule has 12 rings (SSSR count). The van der Waals surface area contributed by atoms with E-state index in [1.54, 1.807) is 0 Å². The second-order valence-corrected chi connectivity index (χ2v) is 14.4. The van der Waals surface area contributed by atoms with Gasteiger partial charge in [0.05, 0.1) is 11.0 Å². The molecule has 6 nitrogen and oxygen atoms in total. The summed E-state index contributed by atoms with van der Waals surface area (Å²) in [6.07, 6.45) is 0. The highest BCUT2D eigenvalue weighted by atomic mass is 16.3. The first-order chi connectivity index (χ1) is 28.2. The molecule has 0 aliphatic carbocycles. The third-order valence-corrected chi connectivity index (χ3v) is 11.0. The SMILES string of the molecule is c1ccc(-c2ccc3c(c2)c2ccccc2n3-c2cccc(-c3nc(-c4ccc5c(c4)oc4ccccc45)nc(-c4ccc5oc6ccccc6c5c4)n3)c2)cc1. The molecule has 12 aromatic rings. The minimum absolute atomic E-state index is 0.560. The van der Waals surface area contributed by atoms with Crippen molar-refractivity contribution in [3.05, 3.63) is 182 Å². The summed E-state index contributed by atoms with van der Waals surface area (Å²) < 4.78 is 14.8. The summed E-state index contributed by atoms with van der Waals surface area (Å²) in [5, 5.41) is 6.59. The van der Waals surface area contributed by atoms with Gasteiger partial charge >= 0.3 is 0 Å². The summed E-state index contributed by atoms with van der Waals surface area (Å²) in [6.45, 7) is 0. The molecular formula is C51H30N4O2. The Balaban J connectivity index is 1.04. The molecule has 0 spiro atoms. The van der Waals surface area contributed by atoms with Crippen molar-refractivity contribution in [1.29, 1.82) is 0 Å². The monoisotopic (exact) mass is 730 g/mol. The first kappa shape index (κ1) is 31.5. The highest BCUT2D eigenvalue weighted by Crippen LogP contribution is 2.38. The molecule has 0 aliphatic heterocycles. The molecule has 0 saturated heterocycles. The second kappa shape index (κ2) is 12.3. The number of nitrogens with zero attached hydrogens (tertiary/aromatic N) is 4. The lowest BCUT2D eigenvalue weighted by molar-refractivity contribution is 0.668. The van der Waals surface area contributed by atoms with Gasteiger partial charge in [0, 0.05) is 54.7 Å². The van der Waals surface area contributed by atoms with E-state index < -0.39 is 0 Å². The number of hydrogen-bond donors (Lipinski definition) is 0. The first-order valence-corrected chi connectivity index (χ1v) is 19.0. The molecule has 0 unspecified atom stereocenters. The molecule has 6 heteroatoms. The Morgan fingerprint density at radius 1 is 0.298 bits per heavy atom. The van der Waals surface area contributed by atoms with E-state index in [0.29, 0.717) is 17.5 Å². The van der Waals surface area contributed by atoms with E-state index in [4.69, 9.17) is 23.8 Å². The van der Waals surface area contributed by atoms with Gasteiger partial charge in [-0.15, -0.1) is 0 Å². The average molecular weight is 731 g/mol. The molecule has 8 aromatic carbocycles. The van der Waals surface area contributed by atoms with E-state index in [2.05, 4.69) is 132 Å². The molecule has 266 valence electrons. The maximum atomic E-state index is 6.30. The predicted molar refractivity (Wildman–Crippen MR) is 230 cm³/mol. The Labute approximate surface area is 325 Å². The van der Waals surface area contributed by atoms with E-state index in [1.165, 1.54) is 21.9 Å². The summed E-state index contributed by atoms with van der Waals surface area (Å²) in [5.74, 6) is 1.71.